The number of carbonyl (C=O) groups excluding carboxylic acids is 2. The summed E-state index contributed by atoms with van der Waals surface area (Å²) in [6, 6.07) is 14.9. The number of ether oxygens (including phenoxy) is 1. The maximum absolute atomic E-state index is 12.2. The van der Waals surface area contributed by atoms with Crippen molar-refractivity contribution in [3.05, 3.63) is 76.3 Å². The van der Waals surface area contributed by atoms with Crippen molar-refractivity contribution in [3.63, 3.8) is 0 Å². The van der Waals surface area contributed by atoms with E-state index in [0.717, 1.165) is 40.7 Å². The second-order valence-corrected chi connectivity index (χ2v) is 8.30. The third kappa shape index (κ3) is 5.58. The molecule has 1 aromatic heterocycles. The molecule has 2 heterocycles. The highest BCUT2D eigenvalue weighted by molar-refractivity contribution is 7.09. The quantitative estimate of drug-likeness (QED) is 0.543. The highest BCUT2D eigenvalue weighted by atomic mass is 32.1. The number of aryl methyl sites for hydroxylation is 1. The van der Waals surface area contributed by atoms with Crippen molar-refractivity contribution < 1.29 is 14.3 Å². The van der Waals surface area contributed by atoms with Gasteiger partial charge in [0.15, 0.2) is 0 Å². The van der Waals surface area contributed by atoms with E-state index in [4.69, 9.17) is 4.74 Å². The van der Waals surface area contributed by atoms with E-state index in [1.54, 1.807) is 22.3 Å². The fraction of sp³-hybridized carbons (Fsp3) is 0.208. The molecule has 7 heteroatoms. The van der Waals surface area contributed by atoms with E-state index in [0.29, 0.717) is 18.7 Å². The maximum Gasteiger partial charge on any atom is 0.248 e. The van der Waals surface area contributed by atoms with E-state index < -0.39 is 0 Å². The summed E-state index contributed by atoms with van der Waals surface area (Å²) in [6.45, 7) is 3.16. The van der Waals surface area contributed by atoms with Gasteiger partial charge in [0.05, 0.1) is 10.7 Å². The summed E-state index contributed by atoms with van der Waals surface area (Å²) in [7, 11) is 0. The van der Waals surface area contributed by atoms with Crippen LogP contribution in [0.5, 0.6) is 5.75 Å². The summed E-state index contributed by atoms with van der Waals surface area (Å²) in [6.07, 6.45) is 4.73. The highest BCUT2D eigenvalue weighted by Crippen LogP contribution is 2.23. The van der Waals surface area contributed by atoms with Crippen LogP contribution in [-0.2, 0) is 16.2 Å². The Morgan fingerprint density at radius 2 is 1.97 bits per heavy atom. The standard InChI is InChI=1S/C24H23N3O3S/c1-17-25-20(16-31-17)15-30-22-11-4-18(5-12-22)6-13-23(28)26-19-7-9-21(10-8-19)27-14-2-3-24(27)29/h4-13,16H,2-3,14-15H2,1H3,(H,26,28)/b13-6+. The Kier molecular flexibility index (Phi) is 6.43. The summed E-state index contributed by atoms with van der Waals surface area (Å²) in [4.78, 5) is 30.2. The molecule has 4 rings (SSSR count). The monoisotopic (exact) mass is 433 g/mol. The number of hydrogen-bond acceptors (Lipinski definition) is 5. The Balaban J connectivity index is 1.28. The summed E-state index contributed by atoms with van der Waals surface area (Å²) < 4.78 is 5.73. The lowest BCUT2D eigenvalue weighted by Gasteiger charge is -2.15. The Morgan fingerprint density at radius 3 is 2.61 bits per heavy atom. The Hall–Kier alpha value is -3.45. The third-order valence-electron chi connectivity index (χ3n) is 4.88. The Morgan fingerprint density at radius 1 is 1.19 bits per heavy atom. The molecule has 1 N–H and O–H groups in total. The van der Waals surface area contributed by atoms with Crippen LogP contribution in [0.25, 0.3) is 6.08 Å². The Bertz CT molecular complexity index is 1090. The molecule has 1 saturated heterocycles. The number of hydrogen-bond donors (Lipinski definition) is 1. The van der Waals surface area contributed by atoms with E-state index in [1.807, 2.05) is 60.8 Å². The van der Waals surface area contributed by atoms with Crippen LogP contribution in [-0.4, -0.2) is 23.3 Å². The number of amides is 2. The fourth-order valence-corrected chi connectivity index (χ4v) is 3.91. The molecular weight excluding hydrogens is 410 g/mol. The van der Waals surface area contributed by atoms with Crippen LogP contribution < -0.4 is 15.0 Å². The van der Waals surface area contributed by atoms with Gasteiger partial charge in [-0.25, -0.2) is 4.98 Å². The molecule has 3 aromatic rings. The summed E-state index contributed by atoms with van der Waals surface area (Å²) in [5.74, 6) is 0.683. The van der Waals surface area contributed by atoms with Crippen LogP contribution in [0.3, 0.4) is 0 Å². The van der Waals surface area contributed by atoms with Gasteiger partial charge >= 0.3 is 0 Å². The zero-order valence-corrected chi connectivity index (χ0v) is 18.0. The fourth-order valence-electron chi connectivity index (χ4n) is 3.31. The number of anilines is 2. The molecule has 0 unspecified atom stereocenters. The molecule has 0 spiro atoms. The number of benzene rings is 2. The number of nitrogens with one attached hydrogen (secondary N) is 1. The number of thiazole rings is 1. The van der Waals surface area contributed by atoms with Gasteiger partial charge in [-0.3, -0.25) is 9.59 Å². The van der Waals surface area contributed by atoms with Gasteiger partial charge in [0, 0.05) is 35.8 Å². The predicted molar refractivity (Wildman–Crippen MR) is 123 cm³/mol. The topological polar surface area (TPSA) is 71.5 Å². The van der Waals surface area contributed by atoms with Crippen molar-refractivity contribution in [2.75, 3.05) is 16.8 Å². The first-order valence-corrected chi connectivity index (χ1v) is 11.0. The van der Waals surface area contributed by atoms with Crippen molar-refractivity contribution in [2.45, 2.75) is 26.4 Å². The highest BCUT2D eigenvalue weighted by Gasteiger charge is 2.21. The molecule has 2 aromatic carbocycles. The van der Waals surface area contributed by atoms with Gasteiger partial charge in [0.25, 0.3) is 0 Å². The van der Waals surface area contributed by atoms with E-state index in [2.05, 4.69) is 10.3 Å². The first-order valence-electron chi connectivity index (χ1n) is 10.1. The third-order valence-corrected chi connectivity index (χ3v) is 5.70. The summed E-state index contributed by atoms with van der Waals surface area (Å²) in [5, 5.41) is 5.85. The van der Waals surface area contributed by atoms with Crippen LogP contribution in [0.15, 0.2) is 60.0 Å². The lowest BCUT2D eigenvalue weighted by Crippen LogP contribution is -2.23. The van der Waals surface area contributed by atoms with Crippen molar-refractivity contribution in [3.8, 4) is 5.75 Å². The first kappa shape index (κ1) is 20.8. The van der Waals surface area contributed by atoms with Crippen molar-refractivity contribution >= 4 is 40.6 Å². The van der Waals surface area contributed by atoms with Gasteiger partial charge in [-0.1, -0.05) is 12.1 Å². The van der Waals surface area contributed by atoms with E-state index in [1.165, 1.54) is 6.08 Å². The molecule has 158 valence electrons. The van der Waals surface area contributed by atoms with Crippen LogP contribution in [0.1, 0.15) is 29.1 Å². The number of nitrogens with zero attached hydrogens (tertiary/aromatic N) is 2. The Labute approximate surface area is 185 Å². The number of carbonyl (C=O) groups is 2. The minimum Gasteiger partial charge on any atom is -0.487 e. The lowest BCUT2D eigenvalue weighted by molar-refractivity contribution is -0.117. The van der Waals surface area contributed by atoms with E-state index in [-0.39, 0.29) is 11.8 Å². The van der Waals surface area contributed by atoms with Crippen molar-refractivity contribution in [2.24, 2.45) is 0 Å². The van der Waals surface area contributed by atoms with Gasteiger partial charge in [0.2, 0.25) is 11.8 Å². The van der Waals surface area contributed by atoms with Gasteiger partial charge in [0.1, 0.15) is 12.4 Å². The second-order valence-electron chi connectivity index (χ2n) is 7.23. The number of aromatic nitrogens is 1. The van der Waals surface area contributed by atoms with Gasteiger partial charge in [-0.15, -0.1) is 11.3 Å². The molecule has 0 aliphatic carbocycles. The molecular formula is C24H23N3O3S. The summed E-state index contributed by atoms with van der Waals surface area (Å²) >= 11 is 1.60. The predicted octanol–water partition coefficient (Wildman–Crippen LogP) is 4.81. The van der Waals surface area contributed by atoms with Crippen molar-refractivity contribution in [1.82, 2.24) is 4.98 Å². The first-order chi connectivity index (χ1) is 15.1. The molecule has 0 saturated carbocycles. The maximum atomic E-state index is 12.2. The molecule has 1 aliphatic heterocycles. The molecule has 0 radical (unpaired) electrons. The molecule has 2 amide bonds. The van der Waals surface area contributed by atoms with Crippen LogP contribution in [0, 0.1) is 6.92 Å². The molecule has 31 heavy (non-hydrogen) atoms. The largest absolute Gasteiger partial charge is 0.487 e. The molecule has 6 nitrogen and oxygen atoms in total. The van der Waals surface area contributed by atoms with Crippen molar-refractivity contribution in [1.29, 1.82) is 0 Å². The average molecular weight is 434 g/mol. The molecule has 1 aliphatic rings. The lowest BCUT2D eigenvalue weighted by atomic mass is 10.2. The van der Waals surface area contributed by atoms with Crippen LogP contribution >= 0.6 is 11.3 Å². The summed E-state index contributed by atoms with van der Waals surface area (Å²) in [5.41, 5.74) is 3.37. The molecule has 0 bridgehead atoms. The second kappa shape index (κ2) is 9.57. The van der Waals surface area contributed by atoms with Crippen LogP contribution in [0.2, 0.25) is 0 Å². The molecule has 1 fully saturated rings. The van der Waals surface area contributed by atoms with E-state index >= 15 is 0 Å². The van der Waals surface area contributed by atoms with Gasteiger partial charge < -0.3 is 15.0 Å². The molecule has 0 atom stereocenters. The smallest absolute Gasteiger partial charge is 0.248 e. The minimum absolute atomic E-state index is 0.148. The normalized spacial score (nSPS) is 13.7. The minimum atomic E-state index is -0.218. The van der Waals surface area contributed by atoms with Crippen LogP contribution in [0.4, 0.5) is 11.4 Å². The van der Waals surface area contributed by atoms with Gasteiger partial charge in [-0.05, 0) is 61.4 Å². The number of rotatable bonds is 7. The average Bonchev–Trinajstić information content (AvgIpc) is 3.40. The zero-order valence-electron chi connectivity index (χ0n) is 17.2. The zero-order chi connectivity index (χ0) is 21.6. The van der Waals surface area contributed by atoms with E-state index in [9.17, 15) is 9.59 Å². The van der Waals surface area contributed by atoms with Gasteiger partial charge in [-0.2, -0.15) is 0 Å². The SMILES string of the molecule is Cc1nc(COc2ccc(/C=C/C(=O)Nc3ccc(N4CCCC4=O)cc3)cc2)cs1.